The molecule has 1 aliphatic rings. The summed E-state index contributed by atoms with van der Waals surface area (Å²) in [5, 5.41) is 9.18. The lowest BCUT2D eigenvalue weighted by Gasteiger charge is -2.39. The number of hydrogen-bond donors (Lipinski definition) is 1. The number of carbonyl (C=O) groups excluding carboxylic acids is 2. The van der Waals surface area contributed by atoms with Crippen LogP contribution in [0, 0.1) is 5.82 Å². The smallest absolute Gasteiger partial charge is 0.335 e. The average Bonchev–Trinajstić information content (AvgIpc) is 2.86. The molecule has 1 N–H and O–H groups in total. The van der Waals surface area contributed by atoms with Crippen molar-refractivity contribution in [3.8, 4) is 0 Å². The van der Waals surface area contributed by atoms with E-state index in [4.69, 9.17) is 0 Å². The van der Waals surface area contributed by atoms with E-state index < -0.39 is 18.1 Å². The highest BCUT2D eigenvalue weighted by atomic mass is 19.1. The Kier molecular flexibility index (Phi) is 6.72. The molecule has 174 valence electrons. The minimum atomic E-state index is -1.03. The number of amides is 2. The van der Waals surface area contributed by atoms with E-state index >= 15 is 0 Å². The molecule has 7 heteroatoms. The normalized spacial score (nSPS) is 15.8. The molecule has 0 bridgehead atoms. The molecule has 6 nitrogen and oxygen atoms in total. The molecule has 1 aliphatic heterocycles. The SMILES string of the molecule is C[C@H](c1ccc(F)cc1)N(Cc1ccc(C(=O)O)cc1)C(=O)C1Cc2ccccc2CN1C=O. The van der Waals surface area contributed by atoms with Crippen LogP contribution in [0.2, 0.25) is 0 Å². The van der Waals surface area contributed by atoms with Crippen molar-refractivity contribution in [3.05, 3.63) is 106 Å². The van der Waals surface area contributed by atoms with Crippen molar-refractivity contribution in [1.29, 1.82) is 0 Å². The van der Waals surface area contributed by atoms with E-state index in [0.29, 0.717) is 19.4 Å². The number of carboxylic acids is 1. The fourth-order valence-corrected chi connectivity index (χ4v) is 4.35. The Balaban J connectivity index is 1.67. The summed E-state index contributed by atoms with van der Waals surface area (Å²) in [6.45, 7) is 2.42. The highest BCUT2D eigenvalue weighted by Gasteiger charge is 2.35. The van der Waals surface area contributed by atoms with Gasteiger partial charge >= 0.3 is 5.97 Å². The predicted octanol–water partition coefficient (Wildman–Crippen LogP) is 4.20. The minimum absolute atomic E-state index is 0.157. The first-order valence-corrected chi connectivity index (χ1v) is 11.0. The zero-order valence-corrected chi connectivity index (χ0v) is 18.7. The van der Waals surface area contributed by atoms with Crippen LogP contribution in [0.5, 0.6) is 0 Å². The Labute approximate surface area is 197 Å². The van der Waals surface area contributed by atoms with E-state index in [-0.39, 0.29) is 23.8 Å². The monoisotopic (exact) mass is 460 g/mol. The average molecular weight is 461 g/mol. The zero-order valence-electron chi connectivity index (χ0n) is 18.7. The maximum Gasteiger partial charge on any atom is 0.335 e. The number of carbonyl (C=O) groups is 3. The molecule has 0 aliphatic carbocycles. The van der Waals surface area contributed by atoms with E-state index in [1.807, 2.05) is 31.2 Å². The number of aromatic carboxylic acids is 1. The number of halogens is 1. The summed E-state index contributed by atoms with van der Waals surface area (Å²) >= 11 is 0. The van der Waals surface area contributed by atoms with Gasteiger partial charge in [-0.2, -0.15) is 0 Å². The Morgan fingerprint density at radius 3 is 2.32 bits per heavy atom. The summed E-state index contributed by atoms with van der Waals surface area (Å²) in [6, 6.07) is 19.0. The van der Waals surface area contributed by atoms with Crippen LogP contribution in [0.3, 0.4) is 0 Å². The maximum atomic E-state index is 13.9. The molecule has 0 spiro atoms. The summed E-state index contributed by atoms with van der Waals surface area (Å²) < 4.78 is 13.5. The van der Waals surface area contributed by atoms with Crippen molar-refractivity contribution < 1.29 is 23.9 Å². The Morgan fingerprint density at radius 2 is 1.71 bits per heavy atom. The lowest BCUT2D eigenvalue weighted by Crippen LogP contribution is -2.51. The quantitative estimate of drug-likeness (QED) is 0.536. The molecule has 2 atom stereocenters. The van der Waals surface area contributed by atoms with E-state index in [0.717, 1.165) is 22.3 Å². The number of nitrogens with zero attached hydrogens (tertiary/aromatic N) is 2. The van der Waals surface area contributed by atoms with Crippen molar-refractivity contribution in [2.24, 2.45) is 0 Å². The summed E-state index contributed by atoms with van der Waals surface area (Å²) in [4.78, 5) is 40.2. The third-order valence-corrected chi connectivity index (χ3v) is 6.36. The second kappa shape index (κ2) is 9.87. The fourth-order valence-electron chi connectivity index (χ4n) is 4.35. The first kappa shape index (κ1) is 23.2. The van der Waals surface area contributed by atoms with Crippen LogP contribution in [-0.4, -0.2) is 39.2 Å². The van der Waals surface area contributed by atoms with Crippen molar-refractivity contribution in [2.45, 2.75) is 38.5 Å². The molecule has 2 amide bonds. The summed E-state index contributed by atoms with van der Waals surface area (Å²) in [6.07, 6.45) is 1.11. The number of carboxylic acid groups (broad SMARTS) is 1. The summed E-state index contributed by atoms with van der Waals surface area (Å²) in [7, 11) is 0. The second-order valence-electron chi connectivity index (χ2n) is 8.46. The lowest BCUT2D eigenvalue weighted by atomic mass is 9.93. The highest BCUT2D eigenvalue weighted by Crippen LogP contribution is 2.29. The molecule has 4 rings (SSSR count). The fraction of sp³-hybridized carbons (Fsp3) is 0.222. The zero-order chi connectivity index (χ0) is 24.2. The van der Waals surface area contributed by atoms with E-state index in [2.05, 4.69) is 0 Å². The van der Waals surface area contributed by atoms with Gasteiger partial charge in [0.15, 0.2) is 0 Å². The number of benzene rings is 3. The molecule has 1 unspecified atom stereocenters. The maximum absolute atomic E-state index is 13.9. The molecular weight excluding hydrogens is 435 g/mol. The first-order valence-electron chi connectivity index (χ1n) is 11.0. The Morgan fingerprint density at radius 1 is 1.06 bits per heavy atom. The third-order valence-electron chi connectivity index (χ3n) is 6.36. The molecule has 0 fully saturated rings. The summed E-state index contributed by atoms with van der Waals surface area (Å²) in [5.74, 6) is -1.61. The molecule has 1 heterocycles. The van der Waals surface area contributed by atoms with Crippen molar-refractivity contribution in [3.63, 3.8) is 0 Å². The molecule has 0 saturated carbocycles. The van der Waals surface area contributed by atoms with Gasteiger partial charge in [0.2, 0.25) is 12.3 Å². The summed E-state index contributed by atoms with van der Waals surface area (Å²) in [5.41, 5.74) is 3.70. The molecule has 0 aromatic heterocycles. The van der Waals surface area contributed by atoms with Crippen molar-refractivity contribution in [1.82, 2.24) is 9.80 Å². The van der Waals surface area contributed by atoms with Crippen LogP contribution in [0.15, 0.2) is 72.8 Å². The largest absolute Gasteiger partial charge is 0.478 e. The van der Waals surface area contributed by atoms with Gasteiger partial charge in [0, 0.05) is 19.5 Å². The standard InChI is InChI=1S/C27H25FN2O4/c1-18(20-10-12-24(28)13-11-20)30(15-19-6-8-21(9-7-19)27(33)34)26(32)25-14-22-4-2-3-5-23(22)16-29(25)17-31/h2-13,17-18,25H,14-16H2,1H3,(H,33,34)/t18-,25?/m1/s1. The molecule has 3 aromatic rings. The van der Waals surface area contributed by atoms with Gasteiger partial charge in [0.25, 0.3) is 0 Å². The van der Waals surface area contributed by atoms with Crippen LogP contribution in [0.4, 0.5) is 4.39 Å². The second-order valence-corrected chi connectivity index (χ2v) is 8.46. The van der Waals surface area contributed by atoms with E-state index in [9.17, 15) is 23.9 Å². The Bertz CT molecular complexity index is 1190. The van der Waals surface area contributed by atoms with E-state index in [1.54, 1.807) is 29.2 Å². The number of fused-ring (bicyclic) bond motifs is 1. The predicted molar refractivity (Wildman–Crippen MR) is 124 cm³/mol. The first-order chi connectivity index (χ1) is 16.4. The third kappa shape index (κ3) is 4.83. The van der Waals surface area contributed by atoms with Gasteiger partial charge in [-0.1, -0.05) is 48.5 Å². The van der Waals surface area contributed by atoms with Crippen LogP contribution in [0.1, 0.15) is 45.6 Å². The van der Waals surface area contributed by atoms with Gasteiger partial charge in [-0.25, -0.2) is 9.18 Å². The van der Waals surface area contributed by atoms with Gasteiger partial charge in [-0.15, -0.1) is 0 Å². The number of hydrogen-bond acceptors (Lipinski definition) is 3. The van der Waals surface area contributed by atoms with Crippen LogP contribution in [0.25, 0.3) is 0 Å². The van der Waals surface area contributed by atoms with Crippen LogP contribution < -0.4 is 0 Å². The minimum Gasteiger partial charge on any atom is -0.478 e. The van der Waals surface area contributed by atoms with Crippen molar-refractivity contribution >= 4 is 18.3 Å². The molecule has 0 radical (unpaired) electrons. The van der Waals surface area contributed by atoms with Crippen LogP contribution in [-0.2, 0) is 29.1 Å². The van der Waals surface area contributed by atoms with Gasteiger partial charge in [-0.3, -0.25) is 9.59 Å². The van der Waals surface area contributed by atoms with Crippen molar-refractivity contribution in [2.75, 3.05) is 0 Å². The number of rotatable bonds is 7. The molecular formula is C27H25FN2O4. The molecule has 34 heavy (non-hydrogen) atoms. The Hall–Kier alpha value is -4.00. The van der Waals surface area contributed by atoms with Gasteiger partial charge in [-0.05, 0) is 53.4 Å². The topological polar surface area (TPSA) is 77.9 Å². The molecule has 3 aromatic carbocycles. The highest BCUT2D eigenvalue weighted by molar-refractivity contribution is 5.87. The van der Waals surface area contributed by atoms with Gasteiger partial charge in [0.1, 0.15) is 11.9 Å². The van der Waals surface area contributed by atoms with Crippen LogP contribution >= 0.6 is 0 Å². The van der Waals surface area contributed by atoms with Gasteiger partial charge < -0.3 is 14.9 Å². The van der Waals surface area contributed by atoms with E-state index in [1.165, 1.54) is 29.2 Å². The molecule has 0 saturated heterocycles. The lowest BCUT2D eigenvalue weighted by molar-refractivity contribution is -0.144. The van der Waals surface area contributed by atoms with Gasteiger partial charge in [0.05, 0.1) is 11.6 Å².